The van der Waals surface area contributed by atoms with E-state index in [1.807, 2.05) is 24.3 Å². The minimum absolute atomic E-state index is 0.191. The number of allylic oxidation sites excluding steroid dienone is 2. The molecule has 2 nitrogen and oxygen atoms in total. The maximum absolute atomic E-state index is 10.1. The van der Waals surface area contributed by atoms with Crippen molar-refractivity contribution in [3.05, 3.63) is 84.0 Å². The molecule has 0 bridgehead atoms. The van der Waals surface area contributed by atoms with Crippen LogP contribution in [0.25, 0.3) is 0 Å². The van der Waals surface area contributed by atoms with Gasteiger partial charge < -0.3 is 10.2 Å². The van der Waals surface area contributed by atoms with Crippen molar-refractivity contribution in [1.82, 2.24) is 0 Å². The summed E-state index contributed by atoms with van der Waals surface area (Å²) in [6.45, 7) is 12.0. The number of unbranched alkanes of at least 4 members (excludes halogenated alkanes) is 1. The van der Waals surface area contributed by atoms with Gasteiger partial charge in [-0.3, -0.25) is 0 Å². The maximum Gasteiger partial charge on any atom is 0.119 e. The highest BCUT2D eigenvalue weighted by molar-refractivity contribution is 5.48. The van der Waals surface area contributed by atoms with Crippen LogP contribution in [0.4, 0.5) is 0 Å². The Bertz CT molecular complexity index is 714. The summed E-state index contributed by atoms with van der Waals surface area (Å²) in [7, 11) is 0. The molecule has 0 aliphatic heterocycles. The summed E-state index contributed by atoms with van der Waals surface area (Å²) in [5.41, 5.74) is 3.95. The van der Waals surface area contributed by atoms with Gasteiger partial charge in [0.2, 0.25) is 0 Å². The Kier molecular flexibility index (Phi) is 6.68. The van der Waals surface area contributed by atoms with E-state index < -0.39 is 0 Å². The second-order valence-electron chi connectivity index (χ2n) is 7.11. The normalized spacial score (nSPS) is 11.3. The molecule has 2 rings (SSSR count). The summed E-state index contributed by atoms with van der Waals surface area (Å²) in [5.74, 6) is 0.620. The van der Waals surface area contributed by atoms with Gasteiger partial charge in [-0.1, -0.05) is 63.1 Å². The molecule has 2 aromatic rings. The van der Waals surface area contributed by atoms with Crippen molar-refractivity contribution >= 4 is 0 Å². The minimum atomic E-state index is -0.191. The van der Waals surface area contributed by atoms with E-state index in [9.17, 15) is 10.2 Å². The van der Waals surface area contributed by atoms with E-state index in [0.717, 1.165) is 30.4 Å². The number of rotatable bonds is 9. The summed E-state index contributed by atoms with van der Waals surface area (Å²) in [6.07, 6.45) is 8.12. The molecule has 138 valence electrons. The molecular formula is C24H30O2. The Balaban J connectivity index is 2.58. The molecular weight excluding hydrogens is 320 g/mol. The Labute approximate surface area is 157 Å². The summed E-state index contributed by atoms with van der Waals surface area (Å²) >= 11 is 0. The molecule has 0 amide bonds. The smallest absolute Gasteiger partial charge is 0.119 e. The number of phenols is 2. The van der Waals surface area contributed by atoms with Crippen molar-refractivity contribution in [2.75, 3.05) is 0 Å². The Morgan fingerprint density at radius 1 is 0.885 bits per heavy atom. The first-order chi connectivity index (χ1) is 12.5. The summed E-state index contributed by atoms with van der Waals surface area (Å²) < 4.78 is 0. The molecule has 0 heterocycles. The fourth-order valence-corrected chi connectivity index (χ4v) is 3.48. The van der Waals surface area contributed by atoms with E-state index in [2.05, 4.69) is 39.1 Å². The number of benzene rings is 2. The standard InChI is InChI=1S/C24H30O2/c1-5-8-15-24(4,20-11-13-22(25)18(16-20)9-6-2)21-12-14-23(26)19(17-21)10-7-3/h6-7,11-14,16-17,25-26H,2-3,5,8-10,15H2,1,4H3. The molecule has 2 aromatic carbocycles. The lowest BCUT2D eigenvalue weighted by molar-refractivity contribution is 0.461. The summed E-state index contributed by atoms with van der Waals surface area (Å²) in [4.78, 5) is 0. The highest BCUT2D eigenvalue weighted by Crippen LogP contribution is 2.40. The Morgan fingerprint density at radius 2 is 1.35 bits per heavy atom. The molecule has 0 saturated carbocycles. The summed E-state index contributed by atoms with van der Waals surface area (Å²) in [5, 5.41) is 20.3. The predicted octanol–water partition coefficient (Wildman–Crippen LogP) is 6.05. The molecule has 0 aliphatic rings. The molecule has 0 saturated heterocycles. The molecule has 0 fully saturated rings. The van der Waals surface area contributed by atoms with E-state index in [1.165, 1.54) is 11.1 Å². The Morgan fingerprint density at radius 3 is 1.73 bits per heavy atom. The van der Waals surface area contributed by atoms with Crippen LogP contribution in [-0.2, 0) is 18.3 Å². The topological polar surface area (TPSA) is 40.5 Å². The molecule has 0 atom stereocenters. The second-order valence-corrected chi connectivity index (χ2v) is 7.11. The third kappa shape index (κ3) is 4.19. The van der Waals surface area contributed by atoms with Crippen molar-refractivity contribution < 1.29 is 10.2 Å². The van der Waals surface area contributed by atoms with Crippen LogP contribution in [0.5, 0.6) is 11.5 Å². The van der Waals surface area contributed by atoms with E-state index in [1.54, 1.807) is 12.1 Å². The zero-order valence-corrected chi connectivity index (χ0v) is 16.0. The summed E-state index contributed by atoms with van der Waals surface area (Å²) in [6, 6.07) is 11.8. The van der Waals surface area contributed by atoms with Crippen molar-refractivity contribution in [3.63, 3.8) is 0 Å². The van der Waals surface area contributed by atoms with Crippen LogP contribution in [0.1, 0.15) is 55.4 Å². The van der Waals surface area contributed by atoms with Crippen molar-refractivity contribution in [2.45, 2.75) is 51.4 Å². The predicted molar refractivity (Wildman–Crippen MR) is 110 cm³/mol. The van der Waals surface area contributed by atoms with Crippen molar-refractivity contribution in [3.8, 4) is 11.5 Å². The first-order valence-corrected chi connectivity index (χ1v) is 9.32. The first kappa shape index (κ1) is 19.8. The largest absolute Gasteiger partial charge is 0.508 e. The van der Waals surface area contributed by atoms with E-state index in [-0.39, 0.29) is 5.41 Å². The van der Waals surface area contributed by atoms with Gasteiger partial charge in [0.1, 0.15) is 11.5 Å². The highest BCUT2D eigenvalue weighted by Gasteiger charge is 2.29. The van der Waals surface area contributed by atoms with Gasteiger partial charge in [0.15, 0.2) is 0 Å². The average Bonchev–Trinajstić information content (AvgIpc) is 2.63. The van der Waals surface area contributed by atoms with E-state index in [0.29, 0.717) is 24.3 Å². The average molecular weight is 351 g/mol. The Hall–Kier alpha value is -2.48. The van der Waals surface area contributed by atoms with Crippen LogP contribution in [0.2, 0.25) is 0 Å². The third-order valence-corrected chi connectivity index (χ3v) is 5.19. The lowest BCUT2D eigenvalue weighted by Gasteiger charge is -2.32. The van der Waals surface area contributed by atoms with Crippen LogP contribution in [-0.4, -0.2) is 10.2 Å². The van der Waals surface area contributed by atoms with Gasteiger partial charge in [0, 0.05) is 5.41 Å². The maximum atomic E-state index is 10.1. The molecule has 0 radical (unpaired) electrons. The van der Waals surface area contributed by atoms with Crippen molar-refractivity contribution in [2.24, 2.45) is 0 Å². The minimum Gasteiger partial charge on any atom is -0.508 e. The number of aromatic hydroxyl groups is 2. The zero-order chi connectivity index (χ0) is 19.2. The van der Waals surface area contributed by atoms with Gasteiger partial charge in [0.25, 0.3) is 0 Å². The lowest BCUT2D eigenvalue weighted by Crippen LogP contribution is -2.24. The third-order valence-electron chi connectivity index (χ3n) is 5.19. The molecule has 2 N–H and O–H groups in total. The number of phenolic OH excluding ortho intramolecular Hbond substituents is 2. The molecule has 0 spiro atoms. The lowest BCUT2D eigenvalue weighted by atomic mass is 9.72. The number of hydrogen-bond donors (Lipinski definition) is 2. The second kappa shape index (κ2) is 8.75. The van der Waals surface area contributed by atoms with Gasteiger partial charge in [-0.25, -0.2) is 0 Å². The van der Waals surface area contributed by atoms with Gasteiger partial charge in [-0.2, -0.15) is 0 Å². The van der Waals surface area contributed by atoms with Crippen LogP contribution < -0.4 is 0 Å². The zero-order valence-electron chi connectivity index (χ0n) is 16.0. The molecule has 0 unspecified atom stereocenters. The van der Waals surface area contributed by atoms with Crippen LogP contribution >= 0.6 is 0 Å². The van der Waals surface area contributed by atoms with E-state index in [4.69, 9.17) is 0 Å². The van der Waals surface area contributed by atoms with Gasteiger partial charge in [-0.05, 0) is 53.6 Å². The monoisotopic (exact) mass is 350 g/mol. The first-order valence-electron chi connectivity index (χ1n) is 9.32. The quantitative estimate of drug-likeness (QED) is 0.540. The van der Waals surface area contributed by atoms with Crippen LogP contribution in [0.15, 0.2) is 61.7 Å². The number of hydrogen-bond acceptors (Lipinski definition) is 2. The fourth-order valence-electron chi connectivity index (χ4n) is 3.48. The van der Waals surface area contributed by atoms with Crippen LogP contribution in [0.3, 0.4) is 0 Å². The van der Waals surface area contributed by atoms with Crippen LogP contribution in [0, 0.1) is 0 Å². The fraction of sp³-hybridized carbons (Fsp3) is 0.333. The van der Waals surface area contributed by atoms with Gasteiger partial charge >= 0.3 is 0 Å². The van der Waals surface area contributed by atoms with Gasteiger partial charge in [-0.15, -0.1) is 13.2 Å². The molecule has 26 heavy (non-hydrogen) atoms. The molecule has 0 aliphatic carbocycles. The van der Waals surface area contributed by atoms with Gasteiger partial charge in [0.05, 0.1) is 0 Å². The SMILES string of the molecule is C=CCc1cc(C(C)(CCCC)c2ccc(O)c(CC=C)c2)ccc1O. The van der Waals surface area contributed by atoms with E-state index >= 15 is 0 Å². The van der Waals surface area contributed by atoms with Crippen molar-refractivity contribution in [1.29, 1.82) is 0 Å². The molecule has 0 aromatic heterocycles. The molecule has 2 heteroatoms. The highest BCUT2D eigenvalue weighted by atomic mass is 16.3.